The van der Waals surface area contributed by atoms with Gasteiger partial charge in [0.2, 0.25) is 0 Å². The first-order valence-corrected chi connectivity index (χ1v) is 10.1. The zero-order valence-corrected chi connectivity index (χ0v) is 15.8. The molecule has 2 aromatic rings. The molecule has 0 amide bonds. The molecule has 0 radical (unpaired) electrons. The summed E-state index contributed by atoms with van der Waals surface area (Å²) in [5.41, 5.74) is 5.54. The maximum Gasteiger partial charge on any atom is 0.166 e. The molecule has 1 nitrogen and oxygen atoms in total. The minimum Gasteiger partial charge on any atom is -0.294 e. The van der Waals surface area contributed by atoms with Crippen LogP contribution in [0.25, 0.3) is 0 Å². The average Bonchev–Trinajstić information content (AvgIpc) is 3.33. The van der Waals surface area contributed by atoms with E-state index in [1.165, 1.54) is 24.8 Å². The van der Waals surface area contributed by atoms with Crippen LogP contribution in [0.5, 0.6) is 0 Å². The predicted octanol–water partition coefficient (Wildman–Crippen LogP) is 6.43. The highest BCUT2D eigenvalue weighted by molar-refractivity contribution is 6.01. The monoisotopic (exact) mass is 344 g/mol. The van der Waals surface area contributed by atoms with Crippen molar-refractivity contribution in [2.75, 3.05) is 0 Å². The van der Waals surface area contributed by atoms with Crippen LogP contribution in [-0.4, -0.2) is 5.78 Å². The third kappa shape index (κ3) is 2.84. The minimum absolute atomic E-state index is 0.185. The van der Waals surface area contributed by atoms with Gasteiger partial charge in [-0.25, -0.2) is 0 Å². The van der Waals surface area contributed by atoms with Crippen LogP contribution in [0.3, 0.4) is 0 Å². The Morgan fingerprint density at radius 3 is 2.00 bits per heavy atom. The summed E-state index contributed by atoms with van der Waals surface area (Å²) in [5.74, 6) is 1.94. The molecule has 2 aliphatic carbocycles. The lowest BCUT2D eigenvalue weighted by Crippen LogP contribution is -2.13. The molecular formula is C25H28O. The van der Waals surface area contributed by atoms with Gasteiger partial charge in [0.15, 0.2) is 5.78 Å². The van der Waals surface area contributed by atoms with E-state index in [4.69, 9.17) is 0 Å². The number of hydrogen-bond donors (Lipinski definition) is 0. The number of fused-ring (bicyclic) bond motifs is 1. The summed E-state index contributed by atoms with van der Waals surface area (Å²) in [6.07, 6.45) is 4.68. The quantitative estimate of drug-likeness (QED) is 0.418. The van der Waals surface area contributed by atoms with E-state index >= 15 is 0 Å². The topological polar surface area (TPSA) is 17.1 Å². The molecular weight excluding hydrogens is 316 g/mol. The summed E-state index contributed by atoms with van der Waals surface area (Å²) in [5, 5.41) is 0. The van der Waals surface area contributed by atoms with E-state index in [-0.39, 0.29) is 5.92 Å². The molecule has 0 saturated heterocycles. The Hall–Kier alpha value is -2.15. The lowest BCUT2D eigenvalue weighted by atomic mass is 9.82. The van der Waals surface area contributed by atoms with Gasteiger partial charge in [-0.15, -0.1) is 0 Å². The molecule has 2 aromatic carbocycles. The van der Waals surface area contributed by atoms with Gasteiger partial charge in [-0.1, -0.05) is 98.5 Å². The van der Waals surface area contributed by atoms with Crippen LogP contribution in [0.4, 0.5) is 0 Å². The largest absolute Gasteiger partial charge is 0.294 e. The second-order valence-electron chi connectivity index (χ2n) is 7.80. The summed E-state index contributed by atoms with van der Waals surface area (Å²) in [7, 11) is 0. The number of rotatable bonds is 7. The van der Waals surface area contributed by atoms with E-state index < -0.39 is 0 Å². The third-order valence-corrected chi connectivity index (χ3v) is 6.21. The minimum atomic E-state index is 0.185. The van der Waals surface area contributed by atoms with E-state index in [0.717, 1.165) is 12.0 Å². The standard InChI is InChI=1S/C25H28O/c1-3-11-19-20(12-4-2)22-23(21(19)17-13-7-5-8-14-17)24(22)25(26)18-15-9-6-10-16-18/h5-10,13-16,21-24H,3-4,11-12H2,1-2H3/t21-,22+,23-,24-/m0/s1. The zero-order valence-electron chi connectivity index (χ0n) is 15.8. The fourth-order valence-electron chi connectivity index (χ4n) is 5.24. The Morgan fingerprint density at radius 1 is 0.808 bits per heavy atom. The first kappa shape index (κ1) is 17.3. The highest BCUT2D eigenvalue weighted by Crippen LogP contribution is 2.68. The summed E-state index contributed by atoms with van der Waals surface area (Å²) >= 11 is 0. The summed E-state index contributed by atoms with van der Waals surface area (Å²) in [4.78, 5) is 13.2. The van der Waals surface area contributed by atoms with E-state index in [2.05, 4.69) is 44.2 Å². The van der Waals surface area contributed by atoms with Crippen molar-refractivity contribution in [2.24, 2.45) is 17.8 Å². The van der Waals surface area contributed by atoms with E-state index in [1.54, 1.807) is 11.1 Å². The van der Waals surface area contributed by atoms with Gasteiger partial charge in [0, 0.05) is 17.4 Å². The van der Waals surface area contributed by atoms with Gasteiger partial charge in [-0.2, -0.15) is 0 Å². The maximum absolute atomic E-state index is 13.2. The number of allylic oxidation sites excluding steroid dienone is 2. The Kier molecular flexibility index (Phi) is 4.80. The fourth-order valence-corrected chi connectivity index (χ4v) is 5.24. The van der Waals surface area contributed by atoms with Crippen molar-refractivity contribution in [2.45, 2.75) is 45.4 Å². The van der Waals surface area contributed by atoms with Crippen LogP contribution >= 0.6 is 0 Å². The highest BCUT2D eigenvalue weighted by Gasteiger charge is 2.63. The molecule has 1 fully saturated rings. The van der Waals surface area contributed by atoms with Gasteiger partial charge < -0.3 is 0 Å². The van der Waals surface area contributed by atoms with Crippen molar-refractivity contribution < 1.29 is 4.79 Å². The first-order valence-electron chi connectivity index (χ1n) is 10.1. The molecule has 0 heterocycles. The molecule has 0 aromatic heterocycles. The van der Waals surface area contributed by atoms with Crippen molar-refractivity contribution in [3.05, 3.63) is 82.9 Å². The average molecular weight is 344 g/mol. The molecule has 134 valence electrons. The molecule has 1 saturated carbocycles. The Labute approximate surface area is 157 Å². The first-order chi connectivity index (χ1) is 12.8. The van der Waals surface area contributed by atoms with Crippen LogP contribution in [0, 0.1) is 17.8 Å². The Morgan fingerprint density at radius 2 is 1.38 bits per heavy atom. The molecule has 0 aliphatic heterocycles. The van der Waals surface area contributed by atoms with Gasteiger partial charge in [0.25, 0.3) is 0 Å². The summed E-state index contributed by atoms with van der Waals surface area (Å²) < 4.78 is 0. The molecule has 2 aliphatic rings. The molecule has 0 spiro atoms. The van der Waals surface area contributed by atoms with Crippen molar-refractivity contribution >= 4 is 5.78 Å². The number of ketones is 1. The molecule has 26 heavy (non-hydrogen) atoms. The molecule has 0 bridgehead atoms. The molecule has 0 N–H and O–H groups in total. The molecule has 1 heteroatoms. The van der Waals surface area contributed by atoms with Gasteiger partial charge in [-0.3, -0.25) is 4.79 Å². The number of carbonyl (C=O) groups is 1. The lowest BCUT2D eigenvalue weighted by molar-refractivity contribution is 0.0955. The van der Waals surface area contributed by atoms with E-state index in [0.29, 0.717) is 23.5 Å². The van der Waals surface area contributed by atoms with Gasteiger partial charge in [0.05, 0.1) is 0 Å². The zero-order chi connectivity index (χ0) is 18.1. The smallest absolute Gasteiger partial charge is 0.166 e. The van der Waals surface area contributed by atoms with E-state index in [9.17, 15) is 4.79 Å². The summed E-state index contributed by atoms with van der Waals surface area (Å²) in [6, 6.07) is 20.8. The number of Topliss-reactive ketones (excluding diaryl/α,β-unsaturated/α-hetero) is 1. The number of hydrogen-bond acceptors (Lipinski definition) is 1. The van der Waals surface area contributed by atoms with Gasteiger partial charge in [-0.05, 0) is 30.2 Å². The van der Waals surface area contributed by atoms with Crippen LogP contribution in [0.1, 0.15) is 61.4 Å². The van der Waals surface area contributed by atoms with Crippen molar-refractivity contribution in [3.8, 4) is 0 Å². The van der Waals surface area contributed by atoms with Crippen molar-refractivity contribution in [1.29, 1.82) is 0 Å². The van der Waals surface area contributed by atoms with Crippen molar-refractivity contribution in [1.82, 2.24) is 0 Å². The maximum atomic E-state index is 13.2. The SMILES string of the molecule is CCCC1=C(CCC)[C@H](c2ccccc2)[C@@H]2[C@@H](C(=O)c3ccccc3)[C@H]12. The van der Waals surface area contributed by atoms with Crippen LogP contribution in [0.15, 0.2) is 71.8 Å². The predicted molar refractivity (Wildman–Crippen MR) is 107 cm³/mol. The normalized spacial score (nSPS) is 26.7. The molecule has 4 rings (SSSR count). The molecule has 0 unspecified atom stereocenters. The third-order valence-electron chi connectivity index (χ3n) is 6.21. The highest BCUT2D eigenvalue weighted by atomic mass is 16.1. The van der Waals surface area contributed by atoms with E-state index in [1.807, 2.05) is 30.3 Å². The second kappa shape index (κ2) is 7.23. The summed E-state index contributed by atoms with van der Waals surface area (Å²) in [6.45, 7) is 4.53. The van der Waals surface area contributed by atoms with Crippen LogP contribution < -0.4 is 0 Å². The van der Waals surface area contributed by atoms with Gasteiger partial charge >= 0.3 is 0 Å². The second-order valence-corrected chi connectivity index (χ2v) is 7.80. The lowest BCUT2D eigenvalue weighted by Gasteiger charge is -2.22. The number of carbonyl (C=O) groups excluding carboxylic acids is 1. The van der Waals surface area contributed by atoms with Crippen molar-refractivity contribution in [3.63, 3.8) is 0 Å². The Balaban J connectivity index is 1.72. The fraction of sp³-hybridized carbons (Fsp3) is 0.400. The van der Waals surface area contributed by atoms with Gasteiger partial charge in [0.1, 0.15) is 0 Å². The number of benzene rings is 2. The van der Waals surface area contributed by atoms with Crippen LogP contribution in [0.2, 0.25) is 0 Å². The Bertz CT molecular complexity index is 803. The molecule has 4 atom stereocenters. The van der Waals surface area contributed by atoms with Crippen LogP contribution in [-0.2, 0) is 0 Å².